The Balaban J connectivity index is 2.46. The maximum Gasteiger partial charge on any atom is 0.312 e. The maximum absolute atomic E-state index is 11.6. The minimum absolute atomic E-state index is 0.0457. The number of nitro groups is 1. The number of hydrogen-bond acceptors (Lipinski definition) is 4. The van der Waals surface area contributed by atoms with E-state index in [1.807, 2.05) is 0 Å². The summed E-state index contributed by atoms with van der Waals surface area (Å²) in [7, 11) is 0. The lowest BCUT2D eigenvalue weighted by Gasteiger charge is -2.14. The van der Waals surface area contributed by atoms with Crippen LogP contribution in [0.2, 0.25) is 5.15 Å². The van der Waals surface area contributed by atoms with Gasteiger partial charge in [0.05, 0.1) is 10.3 Å². The number of carbonyl (C=O) groups is 1. The largest absolute Gasteiger partial charge is 0.312 e. The van der Waals surface area contributed by atoms with Crippen molar-refractivity contribution in [3.05, 3.63) is 27.4 Å². The van der Waals surface area contributed by atoms with Gasteiger partial charge in [0.1, 0.15) is 5.15 Å². The molecule has 0 aliphatic carbocycles. The highest BCUT2D eigenvalue weighted by Gasteiger charge is 2.34. The summed E-state index contributed by atoms with van der Waals surface area (Å²) in [6, 6.07) is 2.53. The summed E-state index contributed by atoms with van der Waals surface area (Å²) in [6.45, 7) is 0.203. The third kappa shape index (κ3) is 2.32. The Bertz CT molecular complexity index is 494. The number of hydrogen-bond donors (Lipinski definition) is 0. The summed E-state index contributed by atoms with van der Waals surface area (Å²) >= 11 is 11.5. The molecule has 1 aromatic rings. The molecule has 0 aromatic carbocycles. The van der Waals surface area contributed by atoms with Crippen LogP contribution < -0.4 is 4.90 Å². The number of carbonyl (C=O) groups excluding carboxylic acids is 1. The predicted molar refractivity (Wildman–Crippen MR) is 62.5 cm³/mol. The second kappa shape index (κ2) is 4.46. The molecule has 1 amide bonds. The Morgan fingerprint density at radius 1 is 1.53 bits per heavy atom. The Morgan fingerprint density at radius 2 is 2.24 bits per heavy atom. The molecule has 8 heteroatoms. The van der Waals surface area contributed by atoms with Gasteiger partial charge in [-0.05, 0) is 6.07 Å². The third-order valence-corrected chi connectivity index (χ3v) is 2.85. The van der Waals surface area contributed by atoms with Crippen LogP contribution in [0.3, 0.4) is 0 Å². The molecule has 1 saturated heterocycles. The average Bonchev–Trinajstić information content (AvgIpc) is 2.57. The van der Waals surface area contributed by atoms with Crippen molar-refractivity contribution in [2.24, 2.45) is 0 Å². The Labute approximate surface area is 106 Å². The number of pyridine rings is 1. The average molecular weight is 276 g/mol. The summed E-state index contributed by atoms with van der Waals surface area (Å²) in [4.78, 5) is 26.9. The molecule has 0 radical (unpaired) electrons. The zero-order valence-electron chi connectivity index (χ0n) is 8.47. The van der Waals surface area contributed by atoms with E-state index in [4.69, 9.17) is 23.2 Å². The van der Waals surface area contributed by atoms with Crippen LogP contribution in [0.5, 0.6) is 0 Å². The molecule has 17 heavy (non-hydrogen) atoms. The fourth-order valence-electron chi connectivity index (χ4n) is 1.63. The lowest BCUT2D eigenvalue weighted by atomic mass is 10.3. The topological polar surface area (TPSA) is 76.3 Å². The molecular formula is C9H7Cl2N3O3. The molecule has 1 fully saturated rings. The zero-order chi connectivity index (χ0) is 12.6. The van der Waals surface area contributed by atoms with Crippen molar-refractivity contribution in [3.8, 4) is 0 Å². The Morgan fingerprint density at radius 3 is 2.76 bits per heavy atom. The molecular weight excluding hydrogens is 269 g/mol. The first-order valence-electron chi connectivity index (χ1n) is 4.74. The fraction of sp³-hybridized carbons (Fsp3) is 0.333. The van der Waals surface area contributed by atoms with Crippen molar-refractivity contribution < 1.29 is 9.72 Å². The van der Waals surface area contributed by atoms with Crippen LogP contribution in [-0.2, 0) is 4.79 Å². The van der Waals surface area contributed by atoms with Gasteiger partial charge in [-0.15, -0.1) is 11.6 Å². The summed E-state index contributed by atoms with van der Waals surface area (Å²) in [5.74, 6) is -0.335. The molecule has 2 heterocycles. The predicted octanol–water partition coefficient (Wildman–Crippen LogP) is 1.99. The van der Waals surface area contributed by atoms with Gasteiger partial charge >= 0.3 is 5.69 Å². The summed E-state index contributed by atoms with van der Waals surface area (Å²) in [6.07, 6.45) is 0.146. The van der Waals surface area contributed by atoms with Crippen LogP contribution in [0.4, 0.5) is 11.5 Å². The standard InChI is InChI=1S/C9H7Cl2N3O3/c10-5-3-8(15)13(4-5)9-6(14(16)17)1-2-7(11)12-9/h1-2,5H,3-4H2. The summed E-state index contributed by atoms with van der Waals surface area (Å²) in [5, 5.41) is 10.6. The van der Waals surface area contributed by atoms with Crippen molar-refractivity contribution in [1.82, 2.24) is 4.98 Å². The normalized spacial score (nSPS) is 19.8. The SMILES string of the molecule is O=C1CC(Cl)CN1c1nc(Cl)ccc1[N+](=O)[O-]. The second-order valence-corrected chi connectivity index (χ2v) is 4.54. The molecule has 1 aromatic heterocycles. The molecule has 90 valence electrons. The Hall–Kier alpha value is -1.40. The van der Waals surface area contributed by atoms with Gasteiger partial charge in [0.15, 0.2) is 0 Å². The number of aromatic nitrogens is 1. The lowest BCUT2D eigenvalue weighted by molar-refractivity contribution is -0.384. The van der Waals surface area contributed by atoms with E-state index in [0.717, 1.165) is 0 Å². The number of amides is 1. The first-order chi connectivity index (χ1) is 7.99. The summed E-state index contributed by atoms with van der Waals surface area (Å²) < 4.78 is 0. The molecule has 0 bridgehead atoms. The van der Waals surface area contributed by atoms with Crippen LogP contribution in [0.1, 0.15) is 6.42 Å². The first-order valence-corrected chi connectivity index (χ1v) is 5.56. The van der Waals surface area contributed by atoms with Crippen molar-refractivity contribution >= 4 is 40.6 Å². The molecule has 1 atom stereocenters. The van der Waals surface area contributed by atoms with E-state index >= 15 is 0 Å². The van der Waals surface area contributed by atoms with E-state index in [1.165, 1.54) is 17.0 Å². The number of anilines is 1. The molecule has 1 aliphatic rings. The quantitative estimate of drug-likeness (QED) is 0.358. The highest BCUT2D eigenvalue weighted by Crippen LogP contribution is 2.31. The minimum atomic E-state index is -0.604. The van der Waals surface area contributed by atoms with Crippen LogP contribution in [0, 0.1) is 10.1 Å². The van der Waals surface area contributed by atoms with E-state index in [-0.39, 0.29) is 40.9 Å². The Kier molecular flexibility index (Phi) is 3.17. The minimum Gasteiger partial charge on any atom is -0.289 e. The van der Waals surface area contributed by atoms with E-state index in [0.29, 0.717) is 0 Å². The van der Waals surface area contributed by atoms with E-state index in [1.54, 1.807) is 0 Å². The van der Waals surface area contributed by atoms with Gasteiger partial charge in [0.25, 0.3) is 0 Å². The second-order valence-electron chi connectivity index (χ2n) is 3.54. The van der Waals surface area contributed by atoms with E-state index < -0.39 is 4.92 Å². The monoisotopic (exact) mass is 275 g/mol. The van der Waals surface area contributed by atoms with Crippen LogP contribution in [-0.4, -0.2) is 27.7 Å². The van der Waals surface area contributed by atoms with Crippen molar-refractivity contribution in [3.63, 3.8) is 0 Å². The number of rotatable bonds is 2. The van der Waals surface area contributed by atoms with Crippen molar-refractivity contribution in [2.45, 2.75) is 11.8 Å². The lowest BCUT2D eigenvalue weighted by Crippen LogP contribution is -2.26. The van der Waals surface area contributed by atoms with Gasteiger partial charge in [0, 0.05) is 19.0 Å². The number of alkyl halides is 1. The molecule has 0 spiro atoms. The van der Waals surface area contributed by atoms with Crippen molar-refractivity contribution in [1.29, 1.82) is 0 Å². The van der Waals surface area contributed by atoms with Gasteiger partial charge in [0.2, 0.25) is 11.7 Å². The fourth-order valence-corrected chi connectivity index (χ4v) is 2.04. The third-order valence-electron chi connectivity index (χ3n) is 2.35. The highest BCUT2D eigenvalue weighted by molar-refractivity contribution is 6.29. The maximum atomic E-state index is 11.6. The number of nitrogens with zero attached hydrogens (tertiary/aromatic N) is 3. The van der Waals surface area contributed by atoms with Gasteiger partial charge in [-0.2, -0.15) is 0 Å². The van der Waals surface area contributed by atoms with Gasteiger partial charge in [-0.1, -0.05) is 11.6 Å². The van der Waals surface area contributed by atoms with E-state index in [9.17, 15) is 14.9 Å². The smallest absolute Gasteiger partial charge is 0.289 e. The summed E-state index contributed by atoms with van der Waals surface area (Å²) in [5.41, 5.74) is -0.256. The molecule has 0 saturated carbocycles. The van der Waals surface area contributed by atoms with Crippen LogP contribution in [0.15, 0.2) is 12.1 Å². The zero-order valence-corrected chi connectivity index (χ0v) is 9.98. The highest BCUT2D eigenvalue weighted by atomic mass is 35.5. The molecule has 6 nitrogen and oxygen atoms in total. The van der Waals surface area contributed by atoms with Gasteiger partial charge in [-0.3, -0.25) is 19.8 Å². The van der Waals surface area contributed by atoms with Gasteiger partial charge < -0.3 is 0 Å². The number of halogens is 2. The van der Waals surface area contributed by atoms with E-state index in [2.05, 4.69) is 4.98 Å². The molecule has 2 rings (SSSR count). The van der Waals surface area contributed by atoms with Crippen LogP contribution in [0.25, 0.3) is 0 Å². The molecule has 0 N–H and O–H groups in total. The molecule has 1 unspecified atom stereocenters. The van der Waals surface area contributed by atoms with Crippen LogP contribution >= 0.6 is 23.2 Å². The van der Waals surface area contributed by atoms with Crippen molar-refractivity contribution in [2.75, 3.05) is 11.4 Å². The van der Waals surface area contributed by atoms with Gasteiger partial charge in [-0.25, -0.2) is 4.98 Å². The first kappa shape index (κ1) is 12.1. The molecule has 1 aliphatic heterocycles.